The summed E-state index contributed by atoms with van der Waals surface area (Å²) in [5, 5.41) is 7.88. The molecule has 4 atom stereocenters. The number of rotatable bonds is 4. The smallest absolute Gasteiger partial charge is 0.452 e. The van der Waals surface area contributed by atoms with Gasteiger partial charge in [0.2, 0.25) is 5.79 Å². The Labute approximate surface area is 194 Å². The van der Waals surface area contributed by atoms with Gasteiger partial charge in [0.25, 0.3) is 0 Å². The lowest BCUT2D eigenvalue weighted by molar-refractivity contribution is -0.199. The highest BCUT2D eigenvalue weighted by Crippen LogP contribution is 2.65. The third-order valence-corrected chi connectivity index (χ3v) is 8.41. The van der Waals surface area contributed by atoms with Gasteiger partial charge in [0, 0.05) is 26.4 Å². The molecule has 174 valence electrons. The van der Waals surface area contributed by atoms with Crippen LogP contribution in [0.2, 0.25) is 0 Å². The topological polar surface area (TPSA) is 84.7 Å². The molecule has 2 aliphatic heterocycles. The summed E-state index contributed by atoms with van der Waals surface area (Å²) in [7, 11) is -0.370. The maximum Gasteiger partial charge on any atom is 0.462 e. The second-order valence-corrected chi connectivity index (χ2v) is 11.2. The van der Waals surface area contributed by atoms with Crippen LogP contribution in [-0.2, 0) is 26.9 Å². The van der Waals surface area contributed by atoms with E-state index >= 15 is 0 Å². The number of carbonyl (C=O) groups excluding carboxylic acids is 1. The standard InChI is InChI=1S/C24H30BN3O5/c1-22(2)16-10-17(22)24(5)18(11-16)32-25(33-24)12-14-6-7-15(13-28-9-8-26-27-28)19-20(14)30-23(3,4)31-21(19)29/h6-9,16-18H,10-13H2,1-5H3/t16?,17?,18?,24-/m0/s1. The summed E-state index contributed by atoms with van der Waals surface area (Å²) < 4.78 is 26.5. The molecule has 4 fully saturated rings. The Hall–Kier alpha value is -2.39. The van der Waals surface area contributed by atoms with Gasteiger partial charge >= 0.3 is 13.1 Å². The van der Waals surface area contributed by atoms with Crippen molar-refractivity contribution in [3.05, 3.63) is 41.2 Å². The van der Waals surface area contributed by atoms with Crippen LogP contribution < -0.4 is 4.74 Å². The average Bonchev–Trinajstić information content (AvgIpc) is 3.34. The number of ether oxygens (including phenoxy) is 2. The first-order valence-electron chi connectivity index (χ1n) is 11.8. The molecule has 0 spiro atoms. The maximum absolute atomic E-state index is 13.0. The monoisotopic (exact) mass is 451 g/mol. The number of fused-ring (bicyclic) bond motifs is 1. The first kappa shape index (κ1) is 21.2. The van der Waals surface area contributed by atoms with Crippen LogP contribution in [0.15, 0.2) is 24.5 Å². The third kappa shape index (κ3) is 3.15. The van der Waals surface area contributed by atoms with Gasteiger partial charge in [0.05, 0.1) is 24.4 Å². The molecule has 8 nitrogen and oxygen atoms in total. The summed E-state index contributed by atoms with van der Waals surface area (Å²) in [6.45, 7) is 10.8. The molecular formula is C24H30BN3O5. The highest BCUT2D eigenvalue weighted by molar-refractivity contribution is 6.45. The molecule has 0 N–H and O–H groups in total. The number of aromatic nitrogens is 3. The highest BCUT2D eigenvalue weighted by atomic mass is 16.7. The van der Waals surface area contributed by atoms with Crippen molar-refractivity contribution in [2.24, 2.45) is 17.3 Å². The van der Waals surface area contributed by atoms with Gasteiger partial charge in [-0.05, 0) is 48.1 Å². The molecule has 3 heterocycles. The summed E-state index contributed by atoms with van der Waals surface area (Å²) in [5.74, 6) is 0.307. The van der Waals surface area contributed by atoms with E-state index in [9.17, 15) is 4.79 Å². The van der Waals surface area contributed by atoms with Gasteiger partial charge in [-0.1, -0.05) is 31.2 Å². The zero-order valence-corrected chi connectivity index (χ0v) is 19.8. The number of hydrogen-bond donors (Lipinski definition) is 0. The number of esters is 1. The van der Waals surface area contributed by atoms with Crippen LogP contribution in [0.4, 0.5) is 0 Å². The van der Waals surface area contributed by atoms with Crippen LogP contribution in [0, 0.1) is 17.3 Å². The van der Waals surface area contributed by atoms with E-state index in [2.05, 4.69) is 31.1 Å². The fraction of sp³-hybridized carbons (Fsp3) is 0.625. The molecule has 7 rings (SSSR count). The van der Waals surface area contributed by atoms with Crippen LogP contribution in [0.5, 0.6) is 5.75 Å². The van der Waals surface area contributed by atoms with Gasteiger partial charge in [-0.2, -0.15) is 0 Å². The molecule has 9 heteroatoms. The molecule has 3 aliphatic carbocycles. The van der Waals surface area contributed by atoms with E-state index in [0.717, 1.165) is 17.5 Å². The van der Waals surface area contributed by atoms with E-state index in [4.69, 9.17) is 18.8 Å². The van der Waals surface area contributed by atoms with E-state index in [-0.39, 0.29) is 18.8 Å². The number of benzene rings is 1. The molecule has 0 amide bonds. The van der Waals surface area contributed by atoms with Crippen molar-refractivity contribution < 1.29 is 23.6 Å². The van der Waals surface area contributed by atoms with Crippen molar-refractivity contribution in [3.8, 4) is 5.75 Å². The number of nitrogens with zero attached hydrogens (tertiary/aromatic N) is 3. The normalized spacial score (nSPS) is 32.9. The van der Waals surface area contributed by atoms with E-state index in [0.29, 0.717) is 41.4 Å². The third-order valence-electron chi connectivity index (χ3n) is 8.41. The molecule has 3 saturated carbocycles. The second-order valence-electron chi connectivity index (χ2n) is 11.2. The summed E-state index contributed by atoms with van der Waals surface area (Å²) in [5.41, 5.74) is 2.12. The number of hydrogen-bond acceptors (Lipinski definition) is 7. The predicted molar refractivity (Wildman–Crippen MR) is 120 cm³/mol. The minimum atomic E-state index is -1.05. The average molecular weight is 451 g/mol. The minimum Gasteiger partial charge on any atom is -0.452 e. The van der Waals surface area contributed by atoms with Crippen LogP contribution in [-0.4, -0.2) is 45.6 Å². The van der Waals surface area contributed by atoms with Crippen molar-refractivity contribution in [2.75, 3.05) is 0 Å². The molecule has 1 saturated heterocycles. The summed E-state index contributed by atoms with van der Waals surface area (Å²) in [6, 6.07) is 3.93. The van der Waals surface area contributed by atoms with Gasteiger partial charge in [0.15, 0.2) is 0 Å². The maximum atomic E-state index is 13.0. The van der Waals surface area contributed by atoms with Gasteiger partial charge in [0.1, 0.15) is 11.3 Å². The molecule has 1 aromatic heterocycles. The van der Waals surface area contributed by atoms with Crippen molar-refractivity contribution in [3.63, 3.8) is 0 Å². The van der Waals surface area contributed by atoms with E-state index in [1.807, 2.05) is 12.1 Å². The highest BCUT2D eigenvalue weighted by Gasteiger charge is 2.67. The largest absolute Gasteiger partial charge is 0.462 e. The molecule has 3 unspecified atom stereocenters. The second kappa shape index (κ2) is 6.82. The van der Waals surface area contributed by atoms with Crippen LogP contribution in [0.1, 0.15) is 68.9 Å². The van der Waals surface area contributed by atoms with Gasteiger partial charge in [-0.25, -0.2) is 9.48 Å². The van der Waals surface area contributed by atoms with E-state index in [1.165, 1.54) is 6.42 Å². The Morgan fingerprint density at radius 3 is 2.64 bits per heavy atom. The lowest BCUT2D eigenvalue weighted by atomic mass is 9.43. The molecule has 2 bridgehead atoms. The van der Waals surface area contributed by atoms with Crippen molar-refractivity contribution >= 4 is 13.1 Å². The molecule has 5 aliphatic rings. The predicted octanol–water partition coefficient (Wildman–Crippen LogP) is 3.42. The molecule has 1 aromatic carbocycles. The SMILES string of the molecule is CC1(C)OC(=O)c2c(Cn3ccnn3)ccc(CB3OC4CC5CC(C5(C)C)[C@]4(C)O3)c2O1. The van der Waals surface area contributed by atoms with Crippen molar-refractivity contribution in [1.82, 2.24) is 15.0 Å². The van der Waals surface area contributed by atoms with E-state index in [1.54, 1.807) is 30.9 Å². The zero-order valence-electron chi connectivity index (χ0n) is 19.8. The summed E-state index contributed by atoms with van der Waals surface area (Å²) >= 11 is 0. The molecule has 33 heavy (non-hydrogen) atoms. The van der Waals surface area contributed by atoms with Crippen molar-refractivity contribution in [2.45, 2.75) is 77.8 Å². The number of cyclic esters (lactones) is 1. The number of carbonyl (C=O) groups is 1. The molecule has 2 aromatic rings. The molecule has 0 radical (unpaired) electrons. The first-order chi connectivity index (χ1) is 15.6. The van der Waals surface area contributed by atoms with Crippen LogP contribution in [0.3, 0.4) is 0 Å². The van der Waals surface area contributed by atoms with Crippen LogP contribution in [0.25, 0.3) is 0 Å². The summed E-state index contributed by atoms with van der Waals surface area (Å²) in [6.07, 6.45) is 6.25. The van der Waals surface area contributed by atoms with E-state index < -0.39 is 11.8 Å². The van der Waals surface area contributed by atoms with Gasteiger partial charge in [-0.3, -0.25) is 0 Å². The first-order valence-corrected chi connectivity index (χ1v) is 11.8. The van der Waals surface area contributed by atoms with Crippen LogP contribution >= 0.6 is 0 Å². The van der Waals surface area contributed by atoms with Gasteiger partial charge in [-0.15, -0.1) is 5.10 Å². The van der Waals surface area contributed by atoms with Crippen molar-refractivity contribution in [1.29, 1.82) is 0 Å². The quantitative estimate of drug-likeness (QED) is 0.520. The molecular weight excluding hydrogens is 421 g/mol. The Morgan fingerprint density at radius 2 is 1.91 bits per heavy atom. The Bertz CT molecular complexity index is 1120. The van der Waals surface area contributed by atoms with Gasteiger partial charge < -0.3 is 18.8 Å². The lowest BCUT2D eigenvalue weighted by Gasteiger charge is -2.64. The minimum absolute atomic E-state index is 0.115. The zero-order chi connectivity index (χ0) is 23.2. The summed E-state index contributed by atoms with van der Waals surface area (Å²) in [4.78, 5) is 13.0. The lowest BCUT2D eigenvalue weighted by Crippen LogP contribution is -2.65. The Kier molecular flexibility index (Phi) is 4.38. The Morgan fingerprint density at radius 1 is 1.12 bits per heavy atom. The Balaban J connectivity index is 1.31. The fourth-order valence-corrected chi connectivity index (χ4v) is 6.55. The fourth-order valence-electron chi connectivity index (χ4n) is 6.55.